The molecule has 0 saturated heterocycles. The van der Waals surface area contributed by atoms with Crippen LogP contribution in [0.3, 0.4) is 0 Å². The van der Waals surface area contributed by atoms with Crippen LogP contribution in [-0.4, -0.2) is 50.5 Å². The summed E-state index contributed by atoms with van der Waals surface area (Å²) in [5.74, 6) is -13.4. The highest BCUT2D eigenvalue weighted by molar-refractivity contribution is 6.00. The molecule has 1 atom stereocenters. The number of pyridine rings is 1. The second-order valence-corrected chi connectivity index (χ2v) is 7.29. The summed E-state index contributed by atoms with van der Waals surface area (Å²) in [6.07, 6.45) is -5.64. The third-order valence-electron chi connectivity index (χ3n) is 4.42. The van der Waals surface area contributed by atoms with Crippen LogP contribution in [0.5, 0.6) is 0 Å². The fraction of sp³-hybridized carbons (Fsp3) is 0.562. The van der Waals surface area contributed by atoms with Crippen LogP contribution in [0.1, 0.15) is 37.6 Å². The van der Waals surface area contributed by atoms with Crippen LogP contribution in [0.15, 0.2) is 29.6 Å². The lowest BCUT2D eigenvalue weighted by Gasteiger charge is -2.41. The van der Waals surface area contributed by atoms with E-state index in [1.54, 1.807) is 0 Å². The monoisotopic (exact) mass is 415 g/mol. The molecule has 0 unspecified atom stereocenters. The summed E-state index contributed by atoms with van der Waals surface area (Å²) in [7, 11) is 0. The Hall–Kier alpha value is -2.24. The number of amides is 1. The molecule has 2 rings (SSSR count). The van der Waals surface area contributed by atoms with E-state index < -0.39 is 47.2 Å². The van der Waals surface area contributed by atoms with Gasteiger partial charge in [0.2, 0.25) is 0 Å². The van der Waals surface area contributed by atoms with Gasteiger partial charge in [-0.2, -0.15) is 40.8 Å². The fourth-order valence-electron chi connectivity index (χ4n) is 2.49. The number of rotatable bonds is 3. The molecule has 0 bridgehead atoms. The molecule has 0 aliphatic carbocycles. The molecule has 156 valence electrons. The Bertz CT molecular complexity index is 788. The molecule has 0 radical (unpaired) electrons. The number of hydrazone groups is 1. The quantitative estimate of drug-likeness (QED) is 0.763. The summed E-state index contributed by atoms with van der Waals surface area (Å²) < 4.78 is 92.5. The van der Waals surface area contributed by atoms with Gasteiger partial charge in [0.1, 0.15) is 5.71 Å². The molecular weight excluding hydrogens is 399 g/mol. The number of hydrogen-bond donors (Lipinski definition) is 1. The molecule has 5 nitrogen and oxygen atoms in total. The van der Waals surface area contributed by atoms with E-state index in [0.29, 0.717) is 0 Å². The minimum absolute atomic E-state index is 0.123. The number of carbonyl (C=O) groups excluding carboxylic acids is 1. The van der Waals surface area contributed by atoms with Gasteiger partial charge >= 0.3 is 18.0 Å². The Balaban J connectivity index is 2.58. The SMILES string of the molecule is CC(C)(C)[C@]1(O)CC(C(F)(F)C(F)(F)C(F)(F)F)=NN1C(=O)c1ccncc1. The fourth-order valence-corrected chi connectivity index (χ4v) is 2.49. The van der Waals surface area contributed by atoms with E-state index in [4.69, 9.17) is 0 Å². The average molecular weight is 415 g/mol. The Morgan fingerprint density at radius 1 is 1.07 bits per heavy atom. The summed E-state index contributed by atoms with van der Waals surface area (Å²) in [6, 6.07) is 2.28. The maximum absolute atomic E-state index is 14.1. The van der Waals surface area contributed by atoms with Gasteiger partial charge in [-0.15, -0.1) is 0 Å². The lowest BCUT2D eigenvalue weighted by atomic mass is 9.79. The highest BCUT2D eigenvalue weighted by atomic mass is 19.4. The lowest BCUT2D eigenvalue weighted by Crippen LogP contribution is -2.58. The zero-order chi connectivity index (χ0) is 21.8. The van der Waals surface area contributed by atoms with Crippen molar-refractivity contribution in [3.63, 3.8) is 0 Å². The van der Waals surface area contributed by atoms with Crippen molar-refractivity contribution in [2.75, 3.05) is 0 Å². The van der Waals surface area contributed by atoms with Crippen molar-refractivity contribution >= 4 is 11.6 Å². The van der Waals surface area contributed by atoms with Crippen LogP contribution >= 0.6 is 0 Å². The van der Waals surface area contributed by atoms with Crippen molar-refractivity contribution in [3.8, 4) is 0 Å². The van der Waals surface area contributed by atoms with Gasteiger partial charge in [0, 0.05) is 29.8 Å². The first-order chi connectivity index (χ1) is 12.5. The average Bonchev–Trinajstić information content (AvgIpc) is 2.93. The molecular formula is C16H16F7N3O2. The van der Waals surface area contributed by atoms with Crippen molar-refractivity contribution in [3.05, 3.63) is 30.1 Å². The molecule has 2 heterocycles. The van der Waals surface area contributed by atoms with Crippen LogP contribution in [0.2, 0.25) is 0 Å². The number of hydrogen-bond acceptors (Lipinski definition) is 4. The molecule has 1 N–H and O–H groups in total. The summed E-state index contributed by atoms with van der Waals surface area (Å²) >= 11 is 0. The van der Waals surface area contributed by atoms with E-state index in [2.05, 4.69) is 10.1 Å². The molecule has 1 aliphatic heterocycles. The Morgan fingerprint density at radius 2 is 1.57 bits per heavy atom. The van der Waals surface area contributed by atoms with Gasteiger partial charge < -0.3 is 5.11 Å². The van der Waals surface area contributed by atoms with E-state index in [1.165, 1.54) is 20.8 Å². The molecule has 0 spiro atoms. The molecule has 12 heteroatoms. The number of halogens is 7. The van der Waals surface area contributed by atoms with E-state index in [-0.39, 0.29) is 10.6 Å². The van der Waals surface area contributed by atoms with Crippen LogP contribution in [0.4, 0.5) is 30.7 Å². The molecule has 0 aromatic carbocycles. The van der Waals surface area contributed by atoms with Crippen LogP contribution in [-0.2, 0) is 0 Å². The van der Waals surface area contributed by atoms with Gasteiger partial charge in [0.05, 0.1) is 0 Å². The first-order valence-corrected chi connectivity index (χ1v) is 7.84. The zero-order valence-corrected chi connectivity index (χ0v) is 14.9. The number of alkyl halides is 7. The smallest absolute Gasteiger partial charge is 0.368 e. The summed E-state index contributed by atoms with van der Waals surface area (Å²) in [6.45, 7) is 3.87. The number of aliphatic hydroxyl groups is 1. The minimum Gasteiger partial charge on any atom is -0.368 e. The van der Waals surface area contributed by atoms with Gasteiger partial charge in [-0.25, -0.2) is 0 Å². The number of nitrogens with zero attached hydrogens (tertiary/aromatic N) is 3. The normalized spacial score (nSPS) is 21.7. The predicted molar refractivity (Wildman–Crippen MR) is 82.8 cm³/mol. The Morgan fingerprint density at radius 3 is 2.00 bits per heavy atom. The van der Waals surface area contributed by atoms with Gasteiger partial charge in [0.15, 0.2) is 5.72 Å². The second-order valence-electron chi connectivity index (χ2n) is 7.29. The number of aromatic nitrogens is 1. The third-order valence-corrected chi connectivity index (χ3v) is 4.42. The first-order valence-electron chi connectivity index (χ1n) is 7.84. The van der Waals surface area contributed by atoms with Gasteiger partial charge in [-0.05, 0) is 12.1 Å². The summed E-state index contributed by atoms with van der Waals surface area (Å²) in [5.41, 5.74) is -6.14. The molecule has 0 fully saturated rings. The largest absolute Gasteiger partial charge is 0.460 e. The zero-order valence-electron chi connectivity index (χ0n) is 14.9. The van der Waals surface area contributed by atoms with Crippen LogP contribution in [0.25, 0.3) is 0 Å². The van der Waals surface area contributed by atoms with Crippen LogP contribution < -0.4 is 0 Å². The highest BCUT2D eigenvalue weighted by Crippen LogP contribution is 2.51. The molecule has 0 saturated carbocycles. The van der Waals surface area contributed by atoms with E-state index in [0.717, 1.165) is 24.5 Å². The van der Waals surface area contributed by atoms with Crippen LogP contribution in [0, 0.1) is 5.41 Å². The van der Waals surface area contributed by atoms with Crippen molar-refractivity contribution in [1.29, 1.82) is 0 Å². The minimum atomic E-state index is -6.57. The maximum Gasteiger partial charge on any atom is 0.460 e. The maximum atomic E-state index is 14.1. The van der Waals surface area contributed by atoms with Crippen molar-refractivity contribution < 1.29 is 40.6 Å². The van der Waals surface area contributed by atoms with Crippen molar-refractivity contribution in [2.45, 2.75) is 50.9 Å². The van der Waals surface area contributed by atoms with Gasteiger partial charge in [-0.1, -0.05) is 20.8 Å². The van der Waals surface area contributed by atoms with E-state index in [1.807, 2.05) is 0 Å². The van der Waals surface area contributed by atoms with Crippen molar-refractivity contribution in [1.82, 2.24) is 9.99 Å². The first kappa shape index (κ1) is 22.1. The topological polar surface area (TPSA) is 65.8 Å². The lowest BCUT2D eigenvalue weighted by molar-refractivity contribution is -0.336. The van der Waals surface area contributed by atoms with Gasteiger partial charge in [-0.3, -0.25) is 9.78 Å². The Kier molecular flexibility index (Phi) is 5.04. The highest BCUT2D eigenvalue weighted by Gasteiger charge is 2.76. The number of carbonyl (C=O) groups is 1. The third kappa shape index (κ3) is 3.23. The summed E-state index contributed by atoms with van der Waals surface area (Å²) in [4.78, 5) is 16.2. The molecule has 28 heavy (non-hydrogen) atoms. The molecule has 1 aromatic rings. The molecule has 1 aromatic heterocycles. The molecule has 1 amide bonds. The summed E-state index contributed by atoms with van der Waals surface area (Å²) in [5, 5.41) is 14.0. The molecule has 1 aliphatic rings. The van der Waals surface area contributed by atoms with Gasteiger partial charge in [0.25, 0.3) is 5.91 Å². The second kappa shape index (κ2) is 6.39. The Labute approximate surface area is 154 Å². The van der Waals surface area contributed by atoms with Crippen molar-refractivity contribution in [2.24, 2.45) is 10.5 Å². The predicted octanol–water partition coefficient (Wildman–Crippen LogP) is 3.85. The standard InChI is InChI=1S/C16H16F7N3O2/c1-12(2,3)13(28)8-10(14(17,18)15(19,20)16(21,22)23)25-26(13)11(27)9-4-6-24-7-5-9/h4-7,28H,8H2,1-3H3/t13-/m1/s1. The van der Waals surface area contributed by atoms with E-state index >= 15 is 0 Å². The van der Waals surface area contributed by atoms with E-state index in [9.17, 15) is 40.6 Å².